The van der Waals surface area contributed by atoms with Crippen LogP contribution in [-0.4, -0.2) is 32.8 Å². The minimum absolute atomic E-state index is 0.179. The number of carbonyl (C=O) groups is 1. The van der Waals surface area contributed by atoms with E-state index in [4.69, 9.17) is 9.47 Å². The van der Waals surface area contributed by atoms with Crippen LogP contribution in [0.25, 0.3) is 0 Å². The van der Waals surface area contributed by atoms with Gasteiger partial charge in [-0.2, -0.15) is 0 Å². The number of fused-ring (bicyclic) bond motifs is 1. The molecule has 1 aliphatic rings. The van der Waals surface area contributed by atoms with Gasteiger partial charge in [0.15, 0.2) is 0 Å². The zero-order valence-electron chi connectivity index (χ0n) is 9.94. The number of rotatable bonds is 4. The first-order valence-electron chi connectivity index (χ1n) is 5.77. The number of esters is 1. The third-order valence-electron chi connectivity index (χ3n) is 2.91. The molecule has 17 heavy (non-hydrogen) atoms. The maximum atomic E-state index is 11.9. The maximum Gasteiger partial charge on any atom is 0.314 e. The normalized spacial score (nSPS) is 18.5. The Kier molecular flexibility index (Phi) is 4.12. The van der Waals surface area contributed by atoms with Gasteiger partial charge in [-0.05, 0) is 11.1 Å². The molecule has 4 nitrogen and oxygen atoms in total. The number of benzene rings is 1. The molecule has 92 valence electrons. The smallest absolute Gasteiger partial charge is 0.314 e. The van der Waals surface area contributed by atoms with Gasteiger partial charge in [-0.15, -0.1) is 0 Å². The summed E-state index contributed by atoms with van der Waals surface area (Å²) in [5.74, 6) is -0.376. The van der Waals surface area contributed by atoms with E-state index in [2.05, 4.69) is 5.32 Å². The Morgan fingerprint density at radius 3 is 3.06 bits per heavy atom. The molecule has 0 aliphatic carbocycles. The number of carbonyl (C=O) groups excluding carboxylic acids is 1. The van der Waals surface area contributed by atoms with E-state index in [-0.39, 0.29) is 11.9 Å². The third kappa shape index (κ3) is 2.84. The molecule has 1 heterocycles. The van der Waals surface area contributed by atoms with Gasteiger partial charge in [0.2, 0.25) is 0 Å². The number of methoxy groups -OCH3 is 1. The largest absolute Gasteiger partial charge is 0.463 e. The van der Waals surface area contributed by atoms with Crippen LogP contribution < -0.4 is 5.32 Å². The van der Waals surface area contributed by atoms with Crippen molar-refractivity contribution in [1.82, 2.24) is 5.32 Å². The summed E-state index contributed by atoms with van der Waals surface area (Å²) < 4.78 is 10.0. The van der Waals surface area contributed by atoms with Crippen LogP contribution in [0.15, 0.2) is 24.3 Å². The predicted octanol–water partition coefficient (Wildman–Crippen LogP) is 1.06. The lowest BCUT2D eigenvalue weighted by Gasteiger charge is -2.24. The van der Waals surface area contributed by atoms with Gasteiger partial charge in [-0.25, -0.2) is 0 Å². The van der Waals surface area contributed by atoms with Crippen molar-refractivity contribution < 1.29 is 14.3 Å². The first-order valence-corrected chi connectivity index (χ1v) is 5.77. The first kappa shape index (κ1) is 12.1. The number of hydrogen-bond acceptors (Lipinski definition) is 4. The summed E-state index contributed by atoms with van der Waals surface area (Å²) in [6.45, 7) is 2.21. The first-order chi connectivity index (χ1) is 8.33. The molecule has 0 amide bonds. The zero-order chi connectivity index (χ0) is 12.1. The SMILES string of the molecule is COCCOC(=O)C1CNCc2ccccc21. The molecule has 1 unspecified atom stereocenters. The van der Waals surface area contributed by atoms with E-state index in [1.54, 1.807) is 7.11 Å². The van der Waals surface area contributed by atoms with Crippen molar-refractivity contribution >= 4 is 5.97 Å². The minimum atomic E-state index is -0.197. The molecule has 0 radical (unpaired) electrons. The summed E-state index contributed by atoms with van der Waals surface area (Å²) in [4.78, 5) is 11.9. The molecule has 1 N–H and O–H groups in total. The monoisotopic (exact) mass is 235 g/mol. The summed E-state index contributed by atoms with van der Waals surface area (Å²) in [6, 6.07) is 7.98. The minimum Gasteiger partial charge on any atom is -0.463 e. The topological polar surface area (TPSA) is 47.6 Å². The van der Waals surface area contributed by atoms with Crippen LogP contribution in [0.4, 0.5) is 0 Å². The Hall–Kier alpha value is -1.39. The molecular weight excluding hydrogens is 218 g/mol. The molecule has 0 fully saturated rings. The van der Waals surface area contributed by atoms with Gasteiger partial charge >= 0.3 is 5.97 Å². The van der Waals surface area contributed by atoms with Crippen LogP contribution in [0.3, 0.4) is 0 Å². The maximum absolute atomic E-state index is 11.9. The van der Waals surface area contributed by atoms with Gasteiger partial charge in [0.25, 0.3) is 0 Å². The standard InChI is InChI=1S/C13H17NO3/c1-16-6-7-17-13(15)12-9-14-8-10-4-2-3-5-11(10)12/h2-5,12,14H,6-9H2,1H3. The van der Waals surface area contributed by atoms with Crippen LogP contribution in [-0.2, 0) is 20.8 Å². The van der Waals surface area contributed by atoms with Crippen molar-refractivity contribution in [3.63, 3.8) is 0 Å². The highest BCUT2D eigenvalue weighted by Gasteiger charge is 2.27. The van der Waals surface area contributed by atoms with Crippen LogP contribution in [0, 0.1) is 0 Å². The van der Waals surface area contributed by atoms with Gasteiger partial charge in [0, 0.05) is 20.2 Å². The average Bonchev–Trinajstić information content (AvgIpc) is 2.38. The molecule has 4 heteroatoms. The summed E-state index contributed by atoms with van der Waals surface area (Å²) in [6.07, 6.45) is 0. The van der Waals surface area contributed by atoms with Crippen molar-refractivity contribution in [3.8, 4) is 0 Å². The Balaban J connectivity index is 2.05. The number of ether oxygens (including phenoxy) is 2. The highest BCUT2D eigenvalue weighted by atomic mass is 16.6. The van der Waals surface area contributed by atoms with Crippen LogP contribution in [0.5, 0.6) is 0 Å². The third-order valence-corrected chi connectivity index (χ3v) is 2.91. The second-order valence-electron chi connectivity index (χ2n) is 4.04. The van der Waals surface area contributed by atoms with Gasteiger partial charge < -0.3 is 14.8 Å². The molecule has 0 spiro atoms. The van der Waals surface area contributed by atoms with E-state index in [0.717, 1.165) is 12.1 Å². The fraction of sp³-hybridized carbons (Fsp3) is 0.462. The van der Waals surface area contributed by atoms with Gasteiger partial charge in [-0.3, -0.25) is 4.79 Å². The highest BCUT2D eigenvalue weighted by Crippen LogP contribution is 2.24. The Labute approximate surface area is 101 Å². The molecule has 1 aromatic rings. The second-order valence-corrected chi connectivity index (χ2v) is 4.04. The molecule has 0 saturated carbocycles. The van der Waals surface area contributed by atoms with Gasteiger partial charge in [-0.1, -0.05) is 24.3 Å². The van der Waals surface area contributed by atoms with E-state index < -0.39 is 0 Å². The van der Waals surface area contributed by atoms with Crippen molar-refractivity contribution in [1.29, 1.82) is 0 Å². The molecule has 0 aromatic heterocycles. The lowest BCUT2D eigenvalue weighted by Crippen LogP contribution is -2.33. The van der Waals surface area contributed by atoms with E-state index in [1.165, 1.54) is 5.56 Å². The Bertz CT molecular complexity index is 392. The number of hydrogen-bond donors (Lipinski definition) is 1. The van der Waals surface area contributed by atoms with E-state index >= 15 is 0 Å². The summed E-state index contributed by atoms with van der Waals surface area (Å²) in [7, 11) is 1.59. The summed E-state index contributed by atoms with van der Waals surface area (Å²) in [5, 5.41) is 3.23. The van der Waals surface area contributed by atoms with E-state index in [1.807, 2.05) is 24.3 Å². The van der Waals surface area contributed by atoms with Gasteiger partial charge in [0.05, 0.1) is 12.5 Å². The fourth-order valence-electron chi connectivity index (χ4n) is 2.03. The Morgan fingerprint density at radius 1 is 1.41 bits per heavy atom. The number of nitrogens with one attached hydrogen (secondary N) is 1. The van der Waals surface area contributed by atoms with E-state index in [0.29, 0.717) is 19.8 Å². The lowest BCUT2D eigenvalue weighted by atomic mass is 9.91. The highest BCUT2D eigenvalue weighted by molar-refractivity contribution is 5.79. The summed E-state index contributed by atoms with van der Waals surface area (Å²) in [5.41, 5.74) is 2.25. The Morgan fingerprint density at radius 2 is 2.24 bits per heavy atom. The second kappa shape index (κ2) is 5.80. The average molecular weight is 235 g/mol. The molecule has 0 bridgehead atoms. The lowest BCUT2D eigenvalue weighted by molar-refractivity contribution is -0.146. The molecule has 1 aliphatic heterocycles. The van der Waals surface area contributed by atoms with Crippen LogP contribution >= 0.6 is 0 Å². The van der Waals surface area contributed by atoms with Crippen molar-refractivity contribution in [2.24, 2.45) is 0 Å². The summed E-state index contributed by atoms with van der Waals surface area (Å²) >= 11 is 0. The molecule has 1 aromatic carbocycles. The quantitative estimate of drug-likeness (QED) is 0.626. The van der Waals surface area contributed by atoms with Gasteiger partial charge in [0.1, 0.15) is 6.61 Å². The van der Waals surface area contributed by atoms with Crippen LogP contribution in [0.2, 0.25) is 0 Å². The molecular formula is C13H17NO3. The molecule has 1 atom stereocenters. The predicted molar refractivity (Wildman–Crippen MR) is 63.7 cm³/mol. The van der Waals surface area contributed by atoms with Crippen LogP contribution in [0.1, 0.15) is 17.0 Å². The zero-order valence-corrected chi connectivity index (χ0v) is 9.94. The van der Waals surface area contributed by atoms with Crippen molar-refractivity contribution in [3.05, 3.63) is 35.4 Å². The molecule has 2 rings (SSSR count). The fourth-order valence-corrected chi connectivity index (χ4v) is 2.03. The van der Waals surface area contributed by atoms with Crippen molar-refractivity contribution in [2.75, 3.05) is 26.9 Å². The van der Waals surface area contributed by atoms with Crippen molar-refractivity contribution in [2.45, 2.75) is 12.5 Å². The molecule has 0 saturated heterocycles. The van der Waals surface area contributed by atoms with E-state index in [9.17, 15) is 4.79 Å².